The molecule has 0 aliphatic rings. The molecule has 0 aromatic rings. The van der Waals surface area contributed by atoms with Crippen LogP contribution in [-0.4, -0.2) is 82.1 Å². The zero-order valence-corrected chi connectivity index (χ0v) is 13.6. The van der Waals surface area contributed by atoms with Gasteiger partial charge in [-0.2, -0.15) is 0 Å². The van der Waals surface area contributed by atoms with Crippen molar-refractivity contribution >= 4 is 71.3 Å². The van der Waals surface area contributed by atoms with Gasteiger partial charge in [-0.15, -0.1) is 0 Å². The maximum atomic E-state index is 10.2. The Morgan fingerprint density at radius 2 is 1.12 bits per heavy atom. The topological polar surface area (TPSA) is 114 Å². The van der Waals surface area contributed by atoms with Crippen LogP contribution in [0.25, 0.3) is 0 Å². The van der Waals surface area contributed by atoms with Crippen molar-refractivity contribution in [2.45, 2.75) is 12.8 Å². The van der Waals surface area contributed by atoms with Crippen LogP contribution in [0.15, 0.2) is 0 Å². The van der Waals surface area contributed by atoms with E-state index in [1.165, 1.54) is 12.5 Å². The average Bonchev–Trinajstić information content (AvgIpc) is 2.12. The second kappa shape index (κ2) is 14.6. The van der Waals surface area contributed by atoms with Gasteiger partial charge in [0.15, 0.2) is 0 Å². The van der Waals surface area contributed by atoms with Crippen molar-refractivity contribution in [3.63, 3.8) is 0 Å². The summed E-state index contributed by atoms with van der Waals surface area (Å²) in [5, 5.41) is 19.3. The van der Waals surface area contributed by atoms with E-state index in [0.29, 0.717) is 0 Å². The molecule has 0 rings (SSSR count). The van der Waals surface area contributed by atoms with E-state index in [-0.39, 0.29) is 62.1 Å². The molecule has 0 saturated heterocycles. The second-order valence-corrected chi connectivity index (χ2v) is 5.91. The first-order valence-corrected chi connectivity index (χ1v) is 7.71. The smallest absolute Gasteiger partial charge is 0.550 e. The summed E-state index contributed by atoms with van der Waals surface area (Å²) in [7, 11) is -2.01. The summed E-state index contributed by atoms with van der Waals surface area (Å²) in [4.78, 5) is 19.3. The third-order valence-electron chi connectivity index (χ3n) is 1.19. The van der Waals surface area contributed by atoms with E-state index in [1.807, 2.05) is 0 Å². The van der Waals surface area contributed by atoms with Gasteiger partial charge in [-0.25, -0.2) is 0 Å². The molecule has 0 aliphatic carbocycles. The summed E-state index contributed by atoms with van der Waals surface area (Å²) >= 11 is 0. The Morgan fingerprint density at radius 1 is 0.882 bits per heavy atom. The van der Waals surface area contributed by atoms with E-state index in [4.69, 9.17) is 0 Å². The van der Waals surface area contributed by atoms with E-state index in [0.717, 1.165) is 0 Å². The molecule has 0 heterocycles. The largest absolute Gasteiger partial charge is 2.00 e. The van der Waals surface area contributed by atoms with Crippen molar-refractivity contribution < 1.29 is 28.2 Å². The van der Waals surface area contributed by atoms with Crippen LogP contribution >= 0.6 is 0 Å². The predicted molar refractivity (Wildman–Crippen MR) is 62.9 cm³/mol. The summed E-state index contributed by atoms with van der Waals surface area (Å²) in [5.74, 6) is -1.88. The van der Waals surface area contributed by atoms with Crippen molar-refractivity contribution in [2.75, 3.05) is 24.0 Å². The molecule has 2 atom stereocenters. The molecular weight excluding hydrogens is 296 g/mol. The van der Waals surface area contributed by atoms with Gasteiger partial charge < -0.3 is 19.8 Å². The van der Waals surface area contributed by atoms with Crippen LogP contribution in [0.1, 0.15) is 12.8 Å². The molecule has 9 heteroatoms. The Morgan fingerprint density at radius 3 is 1.18 bits per heavy atom. The minimum atomic E-state index is -1.14. The fourth-order valence-electron chi connectivity index (χ4n) is 0.454. The number of aliphatic carboxylic acids is 2. The van der Waals surface area contributed by atoms with Crippen molar-refractivity contribution in [1.29, 1.82) is 0 Å². The van der Waals surface area contributed by atoms with Gasteiger partial charge in [0.05, 0.1) is 0 Å². The Balaban J connectivity index is -0.000000218. The molecule has 17 heavy (non-hydrogen) atoms. The number of hydrogen-bond donors (Lipinski definition) is 0. The minimum Gasteiger partial charge on any atom is -0.550 e. The fraction of sp³-hybridized carbons (Fsp3) is 0.750. The number of carbonyl (C=O) groups excluding carboxylic acids is 2. The van der Waals surface area contributed by atoms with Gasteiger partial charge in [0.2, 0.25) is 0 Å². The zero-order valence-electron chi connectivity index (χ0n) is 9.80. The normalized spacial score (nSPS) is 12.4. The summed E-state index contributed by atoms with van der Waals surface area (Å²) in [6.07, 6.45) is 2.71. The first-order chi connectivity index (χ1) is 7.25. The Kier molecular flexibility index (Phi) is 19.4. The van der Waals surface area contributed by atoms with Gasteiger partial charge in [0, 0.05) is 57.6 Å². The predicted octanol–water partition coefficient (Wildman–Crippen LogP) is -3.37. The Bertz CT molecular complexity index is 225. The fourth-order valence-corrected chi connectivity index (χ4v) is 1.36. The van der Waals surface area contributed by atoms with E-state index in [9.17, 15) is 28.2 Å². The first-order valence-electron chi connectivity index (χ1n) is 4.25. The summed E-state index contributed by atoms with van der Waals surface area (Å²) in [5.41, 5.74) is 0. The number of hydrogen-bond acceptors (Lipinski definition) is 6. The van der Waals surface area contributed by atoms with E-state index in [1.54, 1.807) is 0 Å². The first kappa shape index (κ1) is 22.7. The molecule has 0 aromatic carbocycles. The molecule has 0 amide bonds. The van der Waals surface area contributed by atoms with Gasteiger partial charge in [-0.05, 0) is 12.8 Å². The van der Waals surface area contributed by atoms with Crippen molar-refractivity contribution in [3.05, 3.63) is 0 Å². The minimum absolute atomic E-state index is 0. The molecule has 0 radical (unpaired) electrons. The number of rotatable bonds is 6. The van der Waals surface area contributed by atoms with Gasteiger partial charge in [0.25, 0.3) is 0 Å². The molecular formula is C8H14CaO6S2. The molecule has 0 spiro atoms. The molecule has 0 bridgehead atoms. The second-order valence-electron chi connectivity index (χ2n) is 2.80. The van der Waals surface area contributed by atoms with Gasteiger partial charge in [-0.1, -0.05) is 0 Å². The Hall–Kier alpha value is 0.500. The third-order valence-corrected chi connectivity index (χ3v) is 2.75. The molecule has 96 valence electrons. The molecule has 0 fully saturated rings. The van der Waals surface area contributed by atoms with E-state index in [2.05, 4.69) is 0 Å². The standard InChI is InChI=1S/2C4H8O3S.Ca/c2*1-8(7)3-2-4(5)6;/h2*2-3H2,1H3,(H,5,6);/q;;+2/p-2. The van der Waals surface area contributed by atoms with Crippen LogP contribution in [0.4, 0.5) is 0 Å². The summed E-state index contributed by atoms with van der Waals surface area (Å²) in [6.45, 7) is 0. The van der Waals surface area contributed by atoms with Crippen molar-refractivity contribution in [1.82, 2.24) is 0 Å². The van der Waals surface area contributed by atoms with Crippen molar-refractivity contribution in [3.8, 4) is 0 Å². The van der Waals surface area contributed by atoms with Gasteiger partial charge in [0.1, 0.15) is 0 Å². The number of carboxylic acid groups (broad SMARTS) is 2. The molecule has 0 aliphatic heterocycles. The van der Waals surface area contributed by atoms with Crippen LogP contribution in [-0.2, 0) is 31.2 Å². The van der Waals surface area contributed by atoms with E-state index < -0.39 is 33.5 Å². The van der Waals surface area contributed by atoms with Crippen LogP contribution < -0.4 is 10.2 Å². The van der Waals surface area contributed by atoms with Gasteiger partial charge in [-0.3, -0.25) is 8.42 Å². The van der Waals surface area contributed by atoms with E-state index >= 15 is 0 Å². The third kappa shape index (κ3) is 31.5. The monoisotopic (exact) mass is 310 g/mol. The quantitative estimate of drug-likeness (QED) is 0.473. The van der Waals surface area contributed by atoms with Gasteiger partial charge >= 0.3 is 37.7 Å². The maximum Gasteiger partial charge on any atom is 2.00 e. The molecule has 0 N–H and O–H groups in total. The Labute approximate surface area is 135 Å². The molecule has 6 nitrogen and oxygen atoms in total. The molecule has 0 saturated carbocycles. The summed E-state index contributed by atoms with van der Waals surface area (Å²) < 4.78 is 20.3. The summed E-state index contributed by atoms with van der Waals surface area (Å²) in [6, 6.07) is 0. The maximum absolute atomic E-state index is 10.2. The molecule has 2 unspecified atom stereocenters. The van der Waals surface area contributed by atoms with Crippen LogP contribution in [0.2, 0.25) is 0 Å². The SMILES string of the molecule is CS(=O)CCC(=O)[O-].CS(=O)CCC(=O)[O-].[Ca+2]. The van der Waals surface area contributed by atoms with Crippen LogP contribution in [0.5, 0.6) is 0 Å². The van der Waals surface area contributed by atoms with Crippen molar-refractivity contribution in [2.24, 2.45) is 0 Å². The number of carbonyl (C=O) groups is 2. The average molecular weight is 310 g/mol. The molecule has 0 aromatic heterocycles. The van der Waals surface area contributed by atoms with Crippen LogP contribution in [0, 0.1) is 0 Å². The zero-order chi connectivity index (χ0) is 13.1. The number of carboxylic acids is 2. The van der Waals surface area contributed by atoms with Crippen LogP contribution in [0.3, 0.4) is 0 Å².